The van der Waals surface area contributed by atoms with Crippen LogP contribution in [0.4, 0.5) is 15.9 Å². The maximum Gasteiger partial charge on any atom is 0.327 e. The van der Waals surface area contributed by atoms with E-state index in [2.05, 4.69) is 15.3 Å². The van der Waals surface area contributed by atoms with E-state index in [1.54, 1.807) is 24.3 Å². The lowest BCUT2D eigenvalue weighted by atomic mass is 10.3. The van der Waals surface area contributed by atoms with Crippen molar-refractivity contribution in [3.05, 3.63) is 81.3 Å². The number of ether oxygens (including phenoxy) is 1. The lowest BCUT2D eigenvalue weighted by Crippen LogP contribution is -2.22. The molecule has 6 nitrogen and oxygen atoms in total. The van der Waals surface area contributed by atoms with Crippen molar-refractivity contribution in [2.75, 3.05) is 5.32 Å². The number of hydrogen-bond acceptors (Lipinski definition) is 4. The molecule has 23 heavy (non-hydrogen) atoms. The molecule has 0 radical (unpaired) electrons. The lowest BCUT2D eigenvalue weighted by molar-refractivity contribution is 0.480. The van der Waals surface area contributed by atoms with Crippen molar-refractivity contribution < 1.29 is 9.13 Å². The molecular weight excluding hydrogens is 301 g/mol. The van der Waals surface area contributed by atoms with Crippen LogP contribution in [0.15, 0.2) is 64.2 Å². The first kappa shape index (κ1) is 14.6. The average molecular weight is 313 g/mol. The molecule has 0 spiro atoms. The summed E-state index contributed by atoms with van der Waals surface area (Å²) in [5.41, 5.74) is -0.415. The second kappa shape index (κ2) is 6.18. The summed E-state index contributed by atoms with van der Waals surface area (Å²) < 4.78 is 18.4. The first-order chi connectivity index (χ1) is 11.1. The second-order valence-electron chi connectivity index (χ2n) is 4.71. The molecule has 3 N–H and O–H groups in total. The Balaban J connectivity index is 1.72. The van der Waals surface area contributed by atoms with Gasteiger partial charge in [-0.2, -0.15) is 0 Å². The highest BCUT2D eigenvalue weighted by molar-refractivity contribution is 5.56. The molecule has 0 aliphatic rings. The van der Waals surface area contributed by atoms with Gasteiger partial charge in [-0.25, -0.2) is 9.18 Å². The van der Waals surface area contributed by atoms with Crippen LogP contribution in [0.25, 0.3) is 0 Å². The maximum absolute atomic E-state index is 12.8. The fourth-order valence-corrected chi connectivity index (χ4v) is 1.94. The van der Waals surface area contributed by atoms with Gasteiger partial charge in [0, 0.05) is 11.8 Å². The summed E-state index contributed by atoms with van der Waals surface area (Å²) in [7, 11) is 0. The Morgan fingerprint density at radius 2 is 1.48 bits per heavy atom. The van der Waals surface area contributed by atoms with Crippen LogP contribution in [0.5, 0.6) is 11.5 Å². The first-order valence-corrected chi connectivity index (χ1v) is 6.73. The van der Waals surface area contributed by atoms with E-state index >= 15 is 0 Å². The summed E-state index contributed by atoms with van der Waals surface area (Å²) in [6.07, 6.45) is 0. The molecule has 116 valence electrons. The van der Waals surface area contributed by atoms with E-state index in [9.17, 15) is 14.0 Å². The van der Waals surface area contributed by atoms with Crippen LogP contribution in [0.3, 0.4) is 0 Å². The molecule has 7 heteroatoms. The summed E-state index contributed by atoms with van der Waals surface area (Å²) >= 11 is 0. The third kappa shape index (κ3) is 3.85. The van der Waals surface area contributed by atoms with Gasteiger partial charge in [0.2, 0.25) is 0 Å². The van der Waals surface area contributed by atoms with Crippen molar-refractivity contribution in [1.82, 2.24) is 9.97 Å². The molecule has 3 rings (SSSR count). The Morgan fingerprint density at radius 1 is 0.870 bits per heavy atom. The maximum atomic E-state index is 12.8. The number of H-pyrrole nitrogens is 2. The van der Waals surface area contributed by atoms with Crippen LogP contribution in [0.2, 0.25) is 0 Å². The lowest BCUT2D eigenvalue weighted by Gasteiger charge is -2.08. The molecule has 2 aromatic carbocycles. The number of aromatic nitrogens is 2. The smallest absolute Gasteiger partial charge is 0.327 e. The number of nitrogens with one attached hydrogen (secondary N) is 3. The first-order valence-electron chi connectivity index (χ1n) is 6.73. The summed E-state index contributed by atoms with van der Waals surface area (Å²) in [5.74, 6) is 1.04. The largest absolute Gasteiger partial charge is 0.457 e. The number of rotatable bonds is 4. The van der Waals surface area contributed by atoms with Gasteiger partial charge in [-0.1, -0.05) is 0 Å². The molecule has 3 aromatic rings. The van der Waals surface area contributed by atoms with Crippen LogP contribution < -0.4 is 21.3 Å². The molecule has 0 aliphatic carbocycles. The zero-order valence-electron chi connectivity index (χ0n) is 11.8. The normalized spacial score (nSPS) is 10.3. The molecule has 0 bridgehead atoms. The Bertz CT molecular complexity index is 887. The van der Waals surface area contributed by atoms with Crippen molar-refractivity contribution >= 4 is 11.5 Å². The van der Waals surface area contributed by atoms with Gasteiger partial charge in [0.1, 0.15) is 23.1 Å². The zero-order valence-corrected chi connectivity index (χ0v) is 11.8. The Kier molecular flexibility index (Phi) is 3.92. The van der Waals surface area contributed by atoms with Gasteiger partial charge in [0.05, 0.1) is 0 Å². The van der Waals surface area contributed by atoms with Crippen LogP contribution in [0.1, 0.15) is 0 Å². The van der Waals surface area contributed by atoms with Gasteiger partial charge in [-0.3, -0.25) is 14.8 Å². The van der Waals surface area contributed by atoms with Crippen molar-refractivity contribution in [2.24, 2.45) is 0 Å². The fraction of sp³-hybridized carbons (Fsp3) is 0. The van der Waals surface area contributed by atoms with E-state index in [0.29, 0.717) is 17.2 Å². The highest BCUT2D eigenvalue weighted by Gasteiger charge is 2.01. The molecule has 0 saturated carbocycles. The van der Waals surface area contributed by atoms with Gasteiger partial charge >= 0.3 is 5.69 Å². The zero-order chi connectivity index (χ0) is 16.2. The molecule has 1 aromatic heterocycles. The van der Waals surface area contributed by atoms with Gasteiger partial charge in [-0.05, 0) is 48.5 Å². The number of benzene rings is 2. The number of aromatic amines is 2. The van der Waals surface area contributed by atoms with E-state index < -0.39 is 11.2 Å². The minimum Gasteiger partial charge on any atom is -0.457 e. The summed E-state index contributed by atoms with van der Waals surface area (Å²) in [5, 5.41) is 2.90. The summed E-state index contributed by atoms with van der Waals surface area (Å²) in [6, 6.07) is 13.8. The Labute approximate surface area is 129 Å². The standard InChI is InChI=1S/C16H12FN3O3/c17-10-1-5-12(6-2-10)23-13-7-3-11(4-8-13)18-14-9-15(21)20-16(22)19-14/h1-9H,(H3,18,19,20,21,22). The molecule has 0 fully saturated rings. The summed E-state index contributed by atoms with van der Waals surface area (Å²) in [4.78, 5) is 27.0. The van der Waals surface area contributed by atoms with Crippen molar-refractivity contribution in [2.45, 2.75) is 0 Å². The molecule has 0 atom stereocenters. The average Bonchev–Trinajstić information content (AvgIpc) is 2.50. The van der Waals surface area contributed by atoms with E-state index in [1.165, 1.54) is 30.3 Å². The molecule has 0 unspecified atom stereocenters. The highest BCUT2D eigenvalue weighted by Crippen LogP contribution is 2.23. The summed E-state index contributed by atoms with van der Waals surface area (Å²) in [6.45, 7) is 0. The minimum absolute atomic E-state index is 0.283. The number of halogens is 1. The van der Waals surface area contributed by atoms with Crippen molar-refractivity contribution in [3.63, 3.8) is 0 Å². The highest BCUT2D eigenvalue weighted by atomic mass is 19.1. The quantitative estimate of drug-likeness (QED) is 0.691. The van der Waals surface area contributed by atoms with E-state index in [0.717, 1.165) is 0 Å². The molecular formula is C16H12FN3O3. The van der Waals surface area contributed by atoms with E-state index in [1.807, 2.05) is 0 Å². The number of anilines is 2. The van der Waals surface area contributed by atoms with Gasteiger partial charge in [0.15, 0.2) is 0 Å². The van der Waals surface area contributed by atoms with E-state index in [-0.39, 0.29) is 11.6 Å². The van der Waals surface area contributed by atoms with Crippen molar-refractivity contribution in [3.8, 4) is 11.5 Å². The van der Waals surface area contributed by atoms with Crippen LogP contribution >= 0.6 is 0 Å². The van der Waals surface area contributed by atoms with Gasteiger partial charge in [-0.15, -0.1) is 0 Å². The molecule has 0 aliphatic heterocycles. The van der Waals surface area contributed by atoms with Gasteiger partial charge in [0.25, 0.3) is 5.56 Å². The number of hydrogen-bond donors (Lipinski definition) is 3. The predicted octanol–water partition coefficient (Wildman–Crippen LogP) is 2.74. The topological polar surface area (TPSA) is 87.0 Å². The fourth-order valence-electron chi connectivity index (χ4n) is 1.94. The van der Waals surface area contributed by atoms with Gasteiger partial charge < -0.3 is 10.1 Å². The van der Waals surface area contributed by atoms with Crippen LogP contribution in [-0.2, 0) is 0 Å². The third-order valence-electron chi connectivity index (χ3n) is 2.94. The van der Waals surface area contributed by atoms with E-state index in [4.69, 9.17) is 4.74 Å². The Hall–Kier alpha value is -3.35. The Morgan fingerprint density at radius 3 is 2.09 bits per heavy atom. The molecule has 0 amide bonds. The second-order valence-corrected chi connectivity index (χ2v) is 4.71. The monoisotopic (exact) mass is 313 g/mol. The van der Waals surface area contributed by atoms with Crippen molar-refractivity contribution in [1.29, 1.82) is 0 Å². The SMILES string of the molecule is O=c1cc(Nc2ccc(Oc3ccc(F)cc3)cc2)[nH]c(=O)[nH]1. The van der Waals surface area contributed by atoms with Crippen LogP contribution in [-0.4, -0.2) is 9.97 Å². The predicted molar refractivity (Wildman–Crippen MR) is 83.9 cm³/mol. The molecule has 0 saturated heterocycles. The van der Waals surface area contributed by atoms with Crippen LogP contribution in [0, 0.1) is 5.82 Å². The molecule has 1 heterocycles. The minimum atomic E-state index is -0.587. The third-order valence-corrected chi connectivity index (χ3v) is 2.94.